The zero-order valence-electron chi connectivity index (χ0n) is 22.2. The van der Waals surface area contributed by atoms with Gasteiger partial charge in [0.2, 0.25) is 11.8 Å². The summed E-state index contributed by atoms with van der Waals surface area (Å²) < 4.78 is 26.9. The Morgan fingerprint density at radius 2 is 1.87 bits per heavy atom. The Morgan fingerprint density at radius 3 is 2.46 bits per heavy atom. The average molecular weight is 562 g/mol. The summed E-state index contributed by atoms with van der Waals surface area (Å²) in [5, 5.41) is 11.4. The van der Waals surface area contributed by atoms with Crippen LogP contribution in [0.4, 0.5) is 8.78 Å². The van der Waals surface area contributed by atoms with Gasteiger partial charge in [0.25, 0.3) is 5.91 Å². The molecule has 208 valence electrons. The number of nitriles is 1. The van der Waals surface area contributed by atoms with Gasteiger partial charge in [-0.3, -0.25) is 19.2 Å². The van der Waals surface area contributed by atoms with E-state index in [1.165, 1.54) is 4.90 Å². The fraction of sp³-hybridized carbons (Fsp3) is 0.556. The maximum Gasteiger partial charge on any atom is 0.399 e. The minimum Gasteiger partial charge on any atom is -0.338 e. The molecule has 4 amide bonds. The van der Waals surface area contributed by atoms with Gasteiger partial charge in [-0.2, -0.15) is 14.0 Å². The Labute approximate surface area is 229 Å². The molecular formula is C27H30ClF2N5O4. The van der Waals surface area contributed by atoms with Crippen LogP contribution in [0, 0.1) is 34.0 Å². The molecule has 2 heterocycles. The van der Waals surface area contributed by atoms with Crippen LogP contribution in [0.5, 0.6) is 0 Å². The molecule has 0 bridgehead atoms. The van der Waals surface area contributed by atoms with E-state index in [9.17, 15) is 33.2 Å². The van der Waals surface area contributed by atoms with Crippen LogP contribution in [0.25, 0.3) is 5.57 Å². The zero-order chi connectivity index (χ0) is 29.1. The van der Waals surface area contributed by atoms with E-state index in [1.807, 2.05) is 19.9 Å². The number of amides is 4. The number of para-hydroxylation sites is 1. The quantitative estimate of drug-likeness (QED) is 0.484. The molecule has 1 aromatic carbocycles. The Hall–Kier alpha value is -3.39. The molecule has 39 heavy (non-hydrogen) atoms. The van der Waals surface area contributed by atoms with Crippen molar-refractivity contribution in [3.8, 4) is 6.07 Å². The van der Waals surface area contributed by atoms with Crippen LogP contribution in [-0.2, 0) is 19.2 Å². The summed E-state index contributed by atoms with van der Waals surface area (Å²) in [5.41, 5.74) is -0.943. The van der Waals surface area contributed by atoms with Crippen molar-refractivity contribution in [2.75, 3.05) is 6.54 Å². The molecule has 2 N–H and O–H groups in total. The number of benzene rings is 1. The number of fused-ring (bicyclic) bond motifs is 2. The van der Waals surface area contributed by atoms with Gasteiger partial charge in [0, 0.05) is 23.8 Å². The van der Waals surface area contributed by atoms with Crippen molar-refractivity contribution in [2.45, 2.75) is 64.5 Å². The molecule has 0 spiro atoms. The van der Waals surface area contributed by atoms with E-state index >= 15 is 0 Å². The molecule has 1 saturated carbocycles. The molecule has 2 unspecified atom stereocenters. The van der Waals surface area contributed by atoms with Gasteiger partial charge in [-0.25, -0.2) is 4.99 Å². The summed E-state index contributed by atoms with van der Waals surface area (Å²) in [6.45, 7) is 8.92. The molecule has 1 saturated heterocycles. The highest BCUT2D eigenvalue weighted by Gasteiger charge is 2.70. The molecule has 2 aliphatic heterocycles. The van der Waals surface area contributed by atoms with Gasteiger partial charge < -0.3 is 15.5 Å². The lowest BCUT2D eigenvalue weighted by Crippen LogP contribution is -2.61. The van der Waals surface area contributed by atoms with E-state index in [-0.39, 0.29) is 30.2 Å². The fourth-order valence-corrected chi connectivity index (χ4v) is 5.80. The first kappa shape index (κ1) is 28.6. The third-order valence-electron chi connectivity index (χ3n) is 8.00. The summed E-state index contributed by atoms with van der Waals surface area (Å²) in [6.07, 6.45) is -0.0782. The number of piperidine rings is 1. The van der Waals surface area contributed by atoms with Crippen LogP contribution >= 0.6 is 11.6 Å². The maximum atomic E-state index is 13.7. The van der Waals surface area contributed by atoms with Crippen LogP contribution < -0.4 is 21.2 Å². The van der Waals surface area contributed by atoms with Crippen LogP contribution in [0.1, 0.15) is 41.0 Å². The summed E-state index contributed by atoms with van der Waals surface area (Å²) >= 11 is 4.88. The topological polar surface area (TPSA) is 132 Å². The van der Waals surface area contributed by atoms with Gasteiger partial charge in [0.05, 0.1) is 11.4 Å². The minimum atomic E-state index is -4.21. The second-order valence-electron chi connectivity index (χ2n) is 12.0. The number of hydrogen-bond donors (Lipinski definition) is 2. The van der Waals surface area contributed by atoms with Gasteiger partial charge >= 0.3 is 11.3 Å². The first-order valence-electron chi connectivity index (χ1n) is 12.6. The molecule has 9 nitrogen and oxygen atoms in total. The van der Waals surface area contributed by atoms with Crippen LogP contribution in [0.15, 0.2) is 29.3 Å². The predicted octanol–water partition coefficient (Wildman–Crippen LogP) is 1.24. The van der Waals surface area contributed by atoms with Gasteiger partial charge in [-0.15, -0.1) is 0 Å². The van der Waals surface area contributed by atoms with Crippen molar-refractivity contribution < 1.29 is 28.0 Å². The van der Waals surface area contributed by atoms with E-state index in [0.717, 1.165) is 0 Å². The number of alkyl halides is 3. The van der Waals surface area contributed by atoms with Crippen LogP contribution in [0.2, 0.25) is 0 Å². The standard InChI is InChI=1S/C27H30ClF2N5O4/c1-25(2,3)20(34-24(39)27(28,29)30)23(38)35-12-16-18(26(16,4)5)19(35)22(37)32-13(11-31)10-15-14-8-6-7-9-17(14)33-21(15)36/h6-9,13,16,18-20H,10,12H2,1-5H3,(H,32,37)(H,34,39)/t13?,16-,18-,19-,20?/m0/s1. The van der Waals surface area contributed by atoms with Gasteiger partial charge in [0.1, 0.15) is 18.1 Å². The van der Waals surface area contributed by atoms with Gasteiger partial charge in [0.15, 0.2) is 0 Å². The van der Waals surface area contributed by atoms with Gasteiger partial charge in [-0.1, -0.05) is 52.8 Å². The lowest BCUT2D eigenvalue weighted by molar-refractivity contribution is -0.148. The van der Waals surface area contributed by atoms with Crippen molar-refractivity contribution in [2.24, 2.45) is 27.7 Å². The zero-order valence-corrected chi connectivity index (χ0v) is 23.0. The maximum absolute atomic E-state index is 13.7. The van der Waals surface area contributed by atoms with Crippen LogP contribution in [-0.4, -0.2) is 58.6 Å². The Balaban J connectivity index is 1.58. The normalized spacial score (nSPS) is 24.6. The molecule has 0 aromatic heterocycles. The molecule has 4 rings (SSSR count). The molecule has 0 radical (unpaired) electrons. The van der Waals surface area contributed by atoms with Crippen molar-refractivity contribution in [3.05, 3.63) is 34.8 Å². The first-order chi connectivity index (χ1) is 18.0. The largest absolute Gasteiger partial charge is 0.399 e. The molecule has 1 aliphatic carbocycles. The smallest absolute Gasteiger partial charge is 0.338 e. The first-order valence-corrected chi connectivity index (χ1v) is 13.0. The van der Waals surface area contributed by atoms with E-state index in [2.05, 4.69) is 15.6 Å². The summed E-state index contributed by atoms with van der Waals surface area (Å²) in [4.78, 5) is 57.0. The Morgan fingerprint density at radius 1 is 1.23 bits per heavy atom. The number of nitrogens with zero attached hydrogens (tertiary/aromatic N) is 3. The molecule has 3 aliphatic rings. The predicted molar refractivity (Wildman–Crippen MR) is 136 cm³/mol. The molecule has 2 fully saturated rings. The van der Waals surface area contributed by atoms with Crippen molar-refractivity contribution in [1.82, 2.24) is 15.5 Å². The van der Waals surface area contributed by atoms with E-state index in [0.29, 0.717) is 16.1 Å². The average Bonchev–Trinajstić information content (AvgIpc) is 3.15. The highest BCUT2D eigenvalue weighted by atomic mass is 35.5. The van der Waals surface area contributed by atoms with E-state index in [4.69, 9.17) is 11.6 Å². The number of likely N-dealkylation sites (tertiary alicyclic amines) is 1. The number of nitrogens with one attached hydrogen (secondary N) is 2. The molecule has 12 heteroatoms. The third kappa shape index (κ3) is 5.26. The molecule has 1 aromatic rings. The fourth-order valence-electron chi connectivity index (χ4n) is 5.75. The number of carbonyl (C=O) groups excluding carboxylic acids is 4. The third-order valence-corrected chi connectivity index (χ3v) is 8.17. The number of halogens is 3. The second kappa shape index (κ2) is 9.66. The van der Waals surface area contributed by atoms with Crippen molar-refractivity contribution in [3.63, 3.8) is 0 Å². The Kier molecular flexibility index (Phi) is 7.09. The van der Waals surface area contributed by atoms with Crippen LogP contribution in [0.3, 0.4) is 0 Å². The minimum absolute atomic E-state index is 0.0278. The summed E-state index contributed by atoms with van der Waals surface area (Å²) in [7, 11) is 0. The number of carbonyl (C=O) groups is 4. The molecule has 5 atom stereocenters. The lowest BCUT2D eigenvalue weighted by Gasteiger charge is -2.38. The van der Waals surface area contributed by atoms with E-state index < -0.39 is 52.6 Å². The molecular weight excluding hydrogens is 532 g/mol. The van der Waals surface area contributed by atoms with Crippen molar-refractivity contribution in [1.29, 1.82) is 5.26 Å². The highest BCUT2D eigenvalue weighted by Crippen LogP contribution is 2.65. The van der Waals surface area contributed by atoms with Gasteiger partial charge in [-0.05, 0) is 40.3 Å². The monoisotopic (exact) mass is 561 g/mol. The van der Waals surface area contributed by atoms with Crippen molar-refractivity contribution >= 4 is 40.8 Å². The highest BCUT2D eigenvalue weighted by molar-refractivity contribution is 6.32. The number of hydrogen-bond acceptors (Lipinski definition) is 5. The van der Waals surface area contributed by atoms with E-state index in [1.54, 1.807) is 45.0 Å². The Bertz CT molecular complexity index is 1410. The SMILES string of the molecule is CC(C)(C)C(NC(=O)C(F)(F)Cl)C(=O)N1C[C@H]2[C@@H]([C@H]1C(=O)NC(C#N)CC1=c3ccccc3=NC1=O)C2(C)C. The summed E-state index contributed by atoms with van der Waals surface area (Å²) in [6, 6.07) is 5.44. The lowest BCUT2D eigenvalue weighted by atomic mass is 9.85. The summed E-state index contributed by atoms with van der Waals surface area (Å²) in [5.74, 6) is -3.83. The second-order valence-corrected chi connectivity index (χ2v) is 12.4. The number of rotatable bonds is 7.